The molecule has 0 aliphatic heterocycles. The van der Waals surface area contributed by atoms with Crippen molar-refractivity contribution in [2.24, 2.45) is 0 Å². The maximum Gasteiger partial charge on any atom is 0.292 e. The van der Waals surface area contributed by atoms with Gasteiger partial charge in [-0.2, -0.15) is 0 Å². The molecule has 2 amide bonds. The van der Waals surface area contributed by atoms with Crippen LogP contribution in [0.3, 0.4) is 0 Å². The number of anilines is 1. The topological polar surface area (TPSA) is 102 Å². The zero-order chi connectivity index (χ0) is 22.2. The second-order valence-corrected chi connectivity index (χ2v) is 8.70. The van der Waals surface area contributed by atoms with Crippen molar-refractivity contribution in [3.63, 3.8) is 0 Å². The fourth-order valence-corrected chi connectivity index (χ4v) is 4.42. The molecule has 0 atom stereocenters. The number of thiazole rings is 1. The van der Waals surface area contributed by atoms with Crippen molar-refractivity contribution in [3.05, 3.63) is 54.2 Å². The molecule has 2 heterocycles. The summed E-state index contributed by atoms with van der Waals surface area (Å²) in [5.41, 5.74) is 1.74. The van der Waals surface area contributed by atoms with Crippen LogP contribution >= 0.6 is 11.3 Å². The van der Waals surface area contributed by atoms with Crippen LogP contribution in [0.25, 0.3) is 21.1 Å². The second kappa shape index (κ2) is 8.08. The van der Waals surface area contributed by atoms with Gasteiger partial charge in [0.2, 0.25) is 5.91 Å². The van der Waals surface area contributed by atoms with Gasteiger partial charge in [0.05, 0.1) is 22.9 Å². The van der Waals surface area contributed by atoms with Gasteiger partial charge in [0.1, 0.15) is 12.3 Å². The summed E-state index contributed by atoms with van der Waals surface area (Å²) in [6.45, 7) is -0.0166. The Labute approximate surface area is 187 Å². The summed E-state index contributed by atoms with van der Waals surface area (Å²) >= 11 is 1.37. The van der Waals surface area contributed by atoms with Gasteiger partial charge in [-0.1, -0.05) is 29.5 Å². The van der Waals surface area contributed by atoms with Gasteiger partial charge >= 0.3 is 0 Å². The third-order valence-electron chi connectivity index (χ3n) is 5.31. The van der Waals surface area contributed by atoms with E-state index < -0.39 is 11.7 Å². The highest BCUT2D eigenvalue weighted by atomic mass is 32.1. The van der Waals surface area contributed by atoms with Gasteiger partial charge in [-0.3, -0.25) is 14.4 Å². The number of carbonyl (C=O) groups excluding carboxylic acids is 3. The monoisotopic (exact) mass is 448 g/mol. The largest absolute Gasteiger partial charge is 0.497 e. The van der Waals surface area contributed by atoms with Gasteiger partial charge in [0.15, 0.2) is 5.13 Å². The maximum absolute atomic E-state index is 12.7. The minimum atomic E-state index is -0.607. The molecule has 0 saturated heterocycles. The smallest absolute Gasteiger partial charge is 0.292 e. The number of nitrogens with zero attached hydrogens (tertiary/aromatic N) is 2. The van der Waals surface area contributed by atoms with Gasteiger partial charge in [-0.15, -0.1) is 0 Å². The average molecular weight is 449 g/mol. The summed E-state index contributed by atoms with van der Waals surface area (Å²) < 4.78 is 7.83. The highest BCUT2D eigenvalue weighted by Gasteiger charge is 2.28. The molecule has 1 aliphatic rings. The fraction of sp³-hybridized carbons (Fsp3) is 0.217. The van der Waals surface area contributed by atoms with Crippen molar-refractivity contribution >= 4 is 55.2 Å². The summed E-state index contributed by atoms with van der Waals surface area (Å²) in [6.07, 6.45) is 3.38. The van der Waals surface area contributed by atoms with Gasteiger partial charge in [-0.05, 0) is 31.0 Å². The Morgan fingerprint density at radius 1 is 1.19 bits per heavy atom. The number of fused-ring (bicyclic) bond motifs is 2. The Hall–Kier alpha value is -3.72. The standard InChI is InChI=1S/C23H20N4O4S/c1-31-14-8-9-19-17(10-14)25-23(32-19)26-20(28)12-27-11-16(15-4-2-3-5-18(15)27)21(29)22(30)24-13-6-7-13/h2-5,8-11,13H,6-7,12H2,1H3,(H,24,30)(H,25,26,28). The number of benzene rings is 2. The molecule has 32 heavy (non-hydrogen) atoms. The van der Waals surface area contributed by atoms with Gasteiger partial charge in [0, 0.05) is 29.2 Å². The van der Waals surface area contributed by atoms with E-state index in [4.69, 9.17) is 4.74 Å². The lowest BCUT2D eigenvalue weighted by Gasteiger charge is -2.05. The molecule has 0 spiro atoms. The van der Waals surface area contributed by atoms with E-state index in [1.165, 1.54) is 11.3 Å². The number of hydrogen-bond donors (Lipinski definition) is 2. The Morgan fingerprint density at radius 3 is 2.78 bits per heavy atom. The summed E-state index contributed by atoms with van der Waals surface area (Å²) in [6, 6.07) is 12.9. The Morgan fingerprint density at radius 2 is 2.00 bits per heavy atom. The zero-order valence-corrected chi connectivity index (χ0v) is 18.1. The summed E-state index contributed by atoms with van der Waals surface area (Å²) in [7, 11) is 1.59. The molecule has 2 aromatic carbocycles. The van der Waals surface area contributed by atoms with Gasteiger partial charge in [0.25, 0.3) is 11.7 Å². The van der Waals surface area contributed by atoms with Gasteiger partial charge in [-0.25, -0.2) is 4.98 Å². The first-order chi connectivity index (χ1) is 15.5. The third-order valence-corrected chi connectivity index (χ3v) is 6.26. The van der Waals surface area contributed by atoms with E-state index in [2.05, 4.69) is 15.6 Å². The van der Waals surface area contributed by atoms with Crippen LogP contribution in [0.2, 0.25) is 0 Å². The molecule has 4 aromatic rings. The minimum Gasteiger partial charge on any atom is -0.497 e. The SMILES string of the molecule is COc1ccc2sc(NC(=O)Cn3cc(C(=O)C(=O)NC4CC4)c4ccccc43)nc2c1. The van der Waals surface area contributed by atoms with Crippen LogP contribution < -0.4 is 15.4 Å². The van der Waals surface area contributed by atoms with Crippen LogP contribution in [0.1, 0.15) is 23.2 Å². The number of ketones is 1. The second-order valence-electron chi connectivity index (χ2n) is 7.67. The van der Waals surface area contributed by atoms with Gasteiger partial charge < -0.3 is 19.9 Å². The molecule has 0 radical (unpaired) electrons. The number of methoxy groups -OCH3 is 1. The van der Waals surface area contributed by atoms with Crippen LogP contribution in [-0.2, 0) is 16.1 Å². The van der Waals surface area contributed by atoms with Crippen molar-refractivity contribution < 1.29 is 19.1 Å². The number of aromatic nitrogens is 2. The Kier molecular flexibility index (Phi) is 5.10. The van der Waals surface area contributed by atoms with Crippen molar-refractivity contribution in [1.29, 1.82) is 0 Å². The molecule has 0 unspecified atom stereocenters. The van der Waals surface area contributed by atoms with Crippen LogP contribution in [0.5, 0.6) is 5.75 Å². The number of Topliss-reactive ketones (excluding diaryl/α,β-unsaturated/α-hetero) is 1. The molecule has 2 N–H and O–H groups in total. The number of ether oxygens (including phenoxy) is 1. The van der Waals surface area contributed by atoms with E-state index in [-0.39, 0.29) is 18.5 Å². The van der Waals surface area contributed by atoms with Crippen molar-refractivity contribution in [3.8, 4) is 5.75 Å². The Balaban J connectivity index is 1.37. The number of amides is 2. The molecule has 1 saturated carbocycles. The van der Waals surface area contributed by atoms with Crippen LogP contribution in [0.15, 0.2) is 48.7 Å². The molecular weight excluding hydrogens is 428 g/mol. The fourth-order valence-electron chi connectivity index (χ4n) is 3.56. The first-order valence-electron chi connectivity index (χ1n) is 10.2. The Bertz CT molecular complexity index is 1370. The predicted octanol–water partition coefficient (Wildman–Crippen LogP) is 3.36. The minimum absolute atomic E-state index is 0.0166. The van der Waals surface area contributed by atoms with E-state index in [9.17, 15) is 14.4 Å². The van der Waals surface area contributed by atoms with Crippen molar-refractivity contribution in [2.45, 2.75) is 25.4 Å². The normalized spacial score (nSPS) is 13.3. The molecular formula is C23H20N4O4S. The maximum atomic E-state index is 12.7. The lowest BCUT2D eigenvalue weighted by molar-refractivity contribution is -0.117. The number of nitrogens with one attached hydrogen (secondary N) is 2. The predicted molar refractivity (Wildman–Crippen MR) is 122 cm³/mol. The summed E-state index contributed by atoms with van der Waals surface area (Å²) in [5, 5.41) is 6.67. The van der Waals surface area contributed by atoms with Crippen LogP contribution in [0, 0.1) is 0 Å². The van der Waals surface area contributed by atoms with E-state index >= 15 is 0 Å². The van der Waals surface area contributed by atoms with E-state index in [0.29, 0.717) is 27.3 Å². The summed E-state index contributed by atoms with van der Waals surface area (Å²) in [5.74, 6) is -0.780. The van der Waals surface area contributed by atoms with Crippen molar-refractivity contribution in [2.75, 3.05) is 12.4 Å². The highest BCUT2D eigenvalue weighted by molar-refractivity contribution is 7.22. The molecule has 162 valence electrons. The molecule has 1 aliphatic carbocycles. The highest BCUT2D eigenvalue weighted by Crippen LogP contribution is 2.29. The van der Waals surface area contributed by atoms with E-state index in [1.807, 2.05) is 30.3 Å². The number of para-hydroxylation sites is 1. The molecule has 9 heteroatoms. The molecule has 1 fully saturated rings. The lowest BCUT2D eigenvalue weighted by atomic mass is 10.1. The lowest BCUT2D eigenvalue weighted by Crippen LogP contribution is -2.32. The van der Waals surface area contributed by atoms with E-state index in [0.717, 1.165) is 23.1 Å². The van der Waals surface area contributed by atoms with Crippen LogP contribution in [-0.4, -0.2) is 40.3 Å². The first-order valence-corrected chi connectivity index (χ1v) is 11.0. The zero-order valence-electron chi connectivity index (χ0n) is 17.3. The molecule has 8 nitrogen and oxygen atoms in total. The number of carbonyl (C=O) groups is 3. The average Bonchev–Trinajstić information content (AvgIpc) is 3.40. The molecule has 5 rings (SSSR count). The van der Waals surface area contributed by atoms with E-state index in [1.54, 1.807) is 30.0 Å². The van der Waals surface area contributed by atoms with Crippen molar-refractivity contribution in [1.82, 2.24) is 14.9 Å². The molecule has 2 aromatic heterocycles. The van der Waals surface area contributed by atoms with Crippen LogP contribution in [0.4, 0.5) is 5.13 Å². The molecule has 0 bridgehead atoms. The number of hydrogen-bond acceptors (Lipinski definition) is 6. The number of rotatable bonds is 7. The summed E-state index contributed by atoms with van der Waals surface area (Å²) in [4.78, 5) is 42.2. The quantitative estimate of drug-likeness (QED) is 0.333. The first kappa shape index (κ1) is 20.2. The third kappa shape index (κ3) is 3.94.